The molecule has 0 fully saturated rings. The van der Waals surface area contributed by atoms with Crippen molar-refractivity contribution in [2.45, 2.75) is 39.7 Å². The van der Waals surface area contributed by atoms with Gasteiger partial charge in [-0.15, -0.1) is 0 Å². The summed E-state index contributed by atoms with van der Waals surface area (Å²) in [6.07, 6.45) is 3.08. The van der Waals surface area contributed by atoms with Gasteiger partial charge in [0.05, 0.1) is 15.7 Å². The van der Waals surface area contributed by atoms with E-state index in [9.17, 15) is 0 Å². The first kappa shape index (κ1) is 14.4. The molecule has 19 heavy (non-hydrogen) atoms. The SMILES string of the molecule is CCc1cn(Cc2ccc(Cl)c(Cl)c2)c(C(C)C)n1. The average molecular weight is 297 g/mol. The smallest absolute Gasteiger partial charge is 0.111 e. The maximum atomic E-state index is 6.06. The van der Waals surface area contributed by atoms with Crippen molar-refractivity contribution < 1.29 is 0 Å². The lowest BCUT2D eigenvalue weighted by atomic mass is 10.2. The second-order valence-corrected chi connectivity index (χ2v) is 5.79. The first-order valence-electron chi connectivity index (χ1n) is 6.51. The minimum atomic E-state index is 0.406. The fourth-order valence-electron chi connectivity index (χ4n) is 2.08. The first-order chi connectivity index (χ1) is 9.01. The Morgan fingerprint density at radius 2 is 1.95 bits per heavy atom. The third-order valence-corrected chi connectivity index (χ3v) is 3.81. The summed E-state index contributed by atoms with van der Waals surface area (Å²) in [5.74, 6) is 1.52. The van der Waals surface area contributed by atoms with Crippen LogP contribution >= 0.6 is 23.2 Å². The number of hydrogen-bond acceptors (Lipinski definition) is 1. The van der Waals surface area contributed by atoms with E-state index in [1.54, 1.807) is 0 Å². The zero-order valence-electron chi connectivity index (χ0n) is 11.5. The summed E-state index contributed by atoms with van der Waals surface area (Å²) in [6, 6.07) is 5.76. The van der Waals surface area contributed by atoms with Crippen LogP contribution in [-0.4, -0.2) is 9.55 Å². The highest BCUT2D eigenvalue weighted by Crippen LogP contribution is 2.24. The van der Waals surface area contributed by atoms with Gasteiger partial charge in [-0.25, -0.2) is 4.98 Å². The monoisotopic (exact) mass is 296 g/mol. The lowest BCUT2D eigenvalue weighted by molar-refractivity contribution is 0.669. The van der Waals surface area contributed by atoms with E-state index in [2.05, 4.69) is 36.5 Å². The second kappa shape index (κ2) is 5.98. The maximum Gasteiger partial charge on any atom is 0.111 e. The van der Waals surface area contributed by atoms with Crippen LogP contribution in [-0.2, 0) is 13.0 Å². The van der Waals surface area contributed by atoms with Crippen LogP contribution in [0, 0.1) is 0 Å². The van der Waals surface area contributed by atoms with E-state index in [1.807, 2.05) is 18.2 Å². The molecule has 0 bridgehead atoms. The van der Waals surface area contributed by atoms with Crippen molar-refractivity contribution in [3.8, 4) is 0 Å². The van der Waals surface area contributed by atoms with Crippen LogP contribution in [0.1, 0.15) is 43.8 Å². The zero-order chi connectivity index (χ0) is 14.0. The van der Waals surface area contributed by atoms with Crippen molar-refractivity contribution in [1.82, 2.24) is 9.55 Å². The molecule has 2 nitrogen and oxygen atoms in total. The van der Waals surface area contributed by atoms with Gasteiger partial charge in [0.15, 0.2) is 0 Å². The summed E-state index contributed by atoms with van der Waals surface area (Å²) < 4.78 is 2.20. The third-order valence-electron chi connectivity index (χ3n) is 3.07. The highest BCUT2D eigenvalue weighted by molar-refractivity contribution is 6.42. The molecular formula is C15H18Cl2N2. The number of benzene rings is 1. The van der Waals surface area contributed by atoms with Crippen molar-refractivity contribution in [3.05, 3.63) is 51.5 Å². The molecule has 0 radical (unpaired) electrons. The fraction of sp³-hybridized carbons (Fsp3) is 0.400. The molecule has 102 valence electrons. The number of halogens is 2. The normalized spacial score (nSPS) is 11.3. The molecule has 0 saturated heterocycles. The molecule has 0 atom stereocenters. The van der Waals surface area contributed by atoms with Crippen LogP contribution < -0.4 is 0 Å². The van der Waals surface area contributed by atoms with Crippen LogP contribution in [0.4, 0.5) is 0 Å². The number of aryl methyl sites for hydroxylation is 1. The van der Waals surface area contributed by atoms with Gasteiger partial charge in [-0.1, -0.05) is 50.0 Å². The predicted octanol–water partition coefficient (Wildman–Crippen LogP) is 4.92. The van der Waals surface area contributed by atoms with Gasteiger partial charge in [0, 0.05) is 18.7 Å². The van der Waals surface area contributed by atoms with Crippen molar-refractivity contribution in [2.75, 3.05) is 0 Å². The van der Waals surface area contributed by atoms with Crippen LogP contribution in [0.5, 0.6) is 0 Å². The van der Waals surface area contributed by atoms with Crippen LogP contribution in [0.25, 0.3) is 0 Å². The van der Waals surface area contributed by atoms with Gasteiger partial charge in [-0.2, -0.15) is 0 Å². The lowest BCUT2D eigenvalue weighted by Crippen LogP contribution is -2.05. The Balaban J connectivity index is 2.31. The Bertz CT molecular complexity index is 574. The second-order valence-electron chi connectivity index (χ2n) is 4.98. The van der Waals surface area contributed by atoms with E-state index in [0.29, 0.717) is 16.0 Å². The van der Waals surface area contributed by atoms with E-state index in [4.69, 9.17) is 23.2 Å². The summed E-state index contributed by atoms with van der Waals surface area (Å²) in [7, 11) is 0. The van der Waals surface area contributed by atoms with Crippen LogP contribution in [0.2, 0.25) is 10.0 Å². The van der Waals surface area contributed by atoms with Crippen LogP contribution in [0.15, 0.2) is 24.4 Å². The number of aromatic nitrogens is 2. The molecular weight excluding hydrogens is 279 g/mol. The van der Waals surface area contributed by atoms with E-state index in [1.165, 1.54) is 0 Å². The fourth-order valence-corrected chi connectivity index (χ4v) is 2.40. The average Bonchev–Trinajstić information content (AvgIpc) is 2.77. The Morgan fingerprint density at radius 1 is 1.21 bits per heavy atom. The maximum absolute atomic E-state index is 6.06. The minimum Gasteiger partial charge on any atom is -0.330 e. The summed E-state index contributed by atoms with van der Waals surface area (Å²) in [5.41, 5.74) is 2.26. The molecule has 0 saturated carbocycles. The summed E-state index contributed by atoms with van der Waals surface area (Å²) in [5, 5.41) is 1.19. The molecule has 0 N–H and O–H groups in total. The number of imidazole rings is 1. The van der Waals surface area contributed by atoms with E-state index in [0.717, 1.165) is 30.0 Å². The Labute approximate surface area is 124 Å². The minimum absolute atomic E-state index is 0.406. The van der Waals surface area contributed by atoms with Gasteiger partial charge in [-0.05, 0) is 24.1 Å². The molecule has 2 rings (SSSR count). The predicted molar refractivity (Wildman–Crippen MR) is 81.3 cm³/mol. The summed E-state index contributed by atoms with van der Waals surface area (Å²) >= 11 is 12.0. The largest absolute Gasteiger partial charge is 0.330 e. The molecule has 1 aromatic heterocycles. The Morgan fingerprint density at radius 3 is 2.53 bits per heavy atom. The molecule has 0 spiro atoms. The van der Waals surface area contributed by atoms with Gasteiger partial charge >= 0.3 is 0 Å². The summed E-state index contributed by atoms with van der Waals surface area (Å²) in [4.78, 5) is 4.67. The number of nitrogens with zero attached hydrogens (tertiary/aromatic N) is 2. The van der Waals surface area contributed by atoms with Gasteiger partial charge in [0.2, 0.25) is 0 Å². The molecule has 0 aliphatic heterocycles. The number of rotatable bonds is 4. The van der Waals surface area contributed by atoms with Gasteiger partial charge < -0.3 is 4.57 Å². The molecule has 2 aromatic rings. The quantitative estimate of drug-likeness (QED) is 0.783. The molecule has 0 amide bonds. The highest BCUT2D eigenvalue weighted by Gasteiger charge is 2.11. The lowest BCUT2D eigenvalue weighted by Gasteiger charge is -2.10. The zero-order valence-corrected chi connectivity index (χ0v) is 13.0. The van der Waals surface area contributed by atoms with Gasteiger partial charge in [0.25, 0.3) is 0 Å². The van der Waals surface area contributed by atoms with Crippen LogP contribution in [0.3, 0.4) is 0 Å². The van der Waals surface area contributed by atoms with Crippen molar-refractivity contribution in [2.24, 2.45) is 0 Å². The molecule has 0 aliphatic carbocycles. The van der Waals surface area contributed by atoms with Crippen molar-refractivity contribution in [3.63, 3.8) is 0 Å². The van der Waals surface area contributed by atoms with Gasteiger partial charge in [-0.3, -0.25) is 0 Å². The summed E-state index contributed by atoms with van der Waals surface area (Å²) in [6.45, 7) is 7.22. The number of hydrogen-bond donors (Lipinski definition) is 0. The van der Waals surface area contributed by atoms with E-state index in [-0.39, 0.29) is 0 Å². The topological polar surface area (TPSA) is 17.8 Å². The van der Waals surface area contributed by atoms with Crippen molar-refractivity contribution in [1.29, 1.82) is 0 Å². The third kappa shape index (κ3) is 3.31. The Kier molecular flexibility index (Phi) is 4.54. The molecule has 4 heteroatoms. The molecule has 0 aliphatic rings. The van der Waals surface area contributed by atoms with Gasteiger partial charge in [0.1, 0.15) is 5.82 Å². The Hall–Kier alpha value is -0.990. The molecule has 1 aromatic carbocycles. The van der Waals surface area contributed by atoms with Crippen molar-refractivity contribution >= 4 is 23.2 Å². The highest BCUT2D eigenvalue weighted by atomic mass is 35.5. The van der Waals surface area contributed by atoms with E-state index >= 15 is 0 Å². The molecule has 0 unspecified atom stereocenters. The standard InChI is InChI=1S/C15H18Cl2N2/c1-4-12-9-19(15(18-12)10(2)3)8-11-5-6-13(16)14(17)7-11/h5-7,9-10H,4,8H2,1-3H3. The molecule has 1 heterocycles. The first-order valence-corrected chi connectivity index (χ1v) is 7.26. The van der Waals surface area contributed by atoms with E-state index < -0.39 is 0 Å².